The third-order valence-electron chi connectivity index (χ3n) is 1.81. The lowest BCUT2D eigenvalue weighted by atomic mass is 10.2. The molecule has 2 nitrogen and oxygen atoms in total. The number of aromatic nitrogens is 1. The maximum atomic E-state index is 6.98. The van der Waals surface area contributed by atoms with Gasteiger partial charge in [0.1, 0.15) is 0 Å². The number of pyridine rings is 1. The SMILES string of the molecule is C/C(C=N)=C/C=C/c1ccc(C)nc1.CC. The van der Waals surface area contributed by atoms with Crippen LogP contribution in [0, 0.1) is 12.3 Å². The minimum absolute atomic E-state index is 0.932. The topological polar surface area (TPSA) is 36.7 Å². The van der Waals surface area contributed by atoms with Crippen LogP contribution in [0.1, 0.15) is 32.0 Å². The Morgan fingerprint density at radius 1 is 1.31 bits per heavy atom. The van der Waals surface area contributed by atoms with E-state index in [0.717, 1.165) is 16.8 Å². The summed E-state index contributed by atoms with van der Waals surface area (Å²) >= 11 is 0. The average Bonchev–Trinajstić information content (AvgIpc) is 2.34. The lowest BCUT2D eigenvalue weighted by Gasteiger charge is -1.92. The molecule has 1 N–H and O–H groups in total. The number of nitrogens with one attached hydrogen (secondary N) is 1. The number of allylic oxidation sites excluding steroid dienone is 3. The summed E-state index contributed by atoms with van der Waals surface area (Å²) in [6.07, 6.45) is 8.95. The van der Waals surface area contributed by atoms with Crippen LogP contribution in [0.4, 0.5) is 0 Å². The van der Waals surface area contributed by atoms with Crippen LogP contribution < -0.4 is 0 Å². The molecule has 1 heterocycles. The molecule has 0 bridgehead atoms. The highest BCUT2D eigenvalue weighted by Crippen LogP contribution is 2.02. The number of hydrogen-bond donors (Lipinski definition) is 1. The first kappa shape index (κ1) is 14.3. The summed E-state index contributed by atoms with van der Waals surface area (Å²) in [5.41, 5.74) is 3.03. The van der Waals surface area contributed by atoms with Gasteiger partial charge in [0, 0.05) is 18.1 Å². The zero-order valence-corrected chi connectivity index (χ0v) is 10.5. The van der Waals surface area contributed by atoms with E-state index in [1.165, 1.54) is 6.21 Å². The summed E-state index contributed by atoms with van der Waals surface area (Å²) in [4.78, 5) is 4.18. The van der Waals surface area contributed by atoms with Gasteiger partial charge in [-0.1, -0.05) is 38.1 Å². The van der Waals surface area contributed by atoms with Gasteiger partial charge in [0.15, 0.2) is 0 Å². The fraction of sp³-hybridized carbons (Fsp3) is 0.286. The van der Waals surface area contributed by atoms with E-state index in [9.17, 15) is 0 Å². The molecule has 0 amide bonds. The molecule has 0 aliphatic rings. The highest BCUT2D eigenvalue weighted by atomic mass is 14.6. The van der Waals surface area contributed by atoms with Crippen molar-refractivity contribution in [3.05, 3.63) is 47.3 Å². The third kappa shape index (κ3) is 5.91. The summed E-state index contributed by atoms with van der Waals surface area (Å²) in [6, 6.07) is 4.00. The number of aryl methyl sites for hydroxylation is 1. The first-order valence-electron chi connectivity index (χ1n) is 5.50. The molecule has 0 radical (unpaired) electrons. The second-order valence-corrected chi connectivity index (χ2v) is 3.15. The predicted molar refractivity (Wildman–Crippen MR) is 71.9 cm³/mol. The smallest absolute Gasteiger partial charge is 0.0373 e. The Morgan fingerprint density at radius 3 is 2.50 bits per heavy atom. The summed E-state index contributed by atoms with van der Waals surface area (Å²) in [5, 5.41) is 6.98. The molecule has 1 aromatic rings. The first-order valence-corrected chi connectivity index (χ1v) is 5.50. The molecule has 0 saturated heterocycles. The largest absolute Gasteiger partial charge is 0.308 e. The van der Waals surface area contributed by atoms with Crippen LogP contribution in [0.5, 0.6) is 0 Å². The molecule has 0 aliphatic carbocycles. The lowest BCUT2D eigenvalue weighted by molar-refractivity contribution is 1.19. The molecule has 0 aromatic carbocycles. The van der Waals surface area contributed by atoms with Gasteiger partial charge in [-0.05, 0) is 31.1 Å². The van der Waals surface area contributed by atoms with Crippen molar-refractivity contribution in [3.63, 3.8) is 0 Å². The monoisotopic (exact) mass is 216 g/mol. The summed E-state index contributed by atoms with van der Waals surface area (Å²) in [5.74, 6) is 0. The van der Waals surface area contributed by atoms with Crippen molar-refractivity contribution >= 4 is 12.3 Å². The van der Waals surface area contributed by atoms with Gasteiger partial charge < -0.3 is 5.41 Å². The Kier molecular flexibility index (Phi) is 7.68. The maximum Gasteiger partial charge on any atom is 0.0373 e. The standard InChI is InChI=1S/C12H14N2.C2H6/c1-10(8-13)4-3-5-12-7-6-11(2)14-9-12;1-2/h3-9,13H,1-2H3;1-2H3/b5-3+,10-4-,13-8?;. The van der Waals surface area contributed by atoms with E-state index in [4.69, 9.17) is 5.41 Å². The van der Waals surface area contributed by atoms with E-state index in [1.807, 2.05) is 64.3 Å². The zero-order valence-electron chi connectivity index (χ0n) is 10.5. The Hall–Kier alpha value is -1.70. The molecular formula is C14H20N2. The molecule has 0 atom stereocenters. The van der Waals surface area contributed by atoms with Crippen molar-refractivity contribution in [1.82, 2.24) is 4.98 Å². The van der Waals surface area contributed by atoms with Gasteiger partial charge in [0.2, 0.25) is 0 Å². The fourth-order valence-corrected chi connectivity index (χ4v) is 0.937. The van der Waals surface area contributed by atoms with E-state index in [1.54, 1.807) is 0 Å². The van der Waals surface area contributed by atoms with Crippen LogP contribution in [-0.4, -0.2) is 11.2 Å². The number of rotatable bonds is 3. The second kappa shape index (κ2) is 8.60. The molecule has 0 unspecified atom stereocenters. The minimum Gasteiger partial charge on any atom is -0.308 e. The Labute approximate surface area is 98.2 Å². The van der Waals surface area contributed by atoms with Gasteiger partial charge in [0.05, 0.1) is 0 Å². The van der Waals surface area contributed by atoms with Crippen LogP contribution in [0.3, 0.4) is 0 Å². The van der Waals surface area contributed by atoms with Gasteiger partial charge in [-0.25, -0.2) is 0 Å². The van der Waals surface area contributed by atoms with Crippen LogP contribution in [0.2, 0.25) is 0 Å². The molecule has 16 heavy (non-hydrogen) atoms. The van der Waals surface area contributed by atoms with E-state index in [2.05, 4.69) is 4.98 Å². The molecule has 86 valence electrons. The summed E-state index contributed by atoms with van der Waals surface area (Å²) in [7, 11) is 0. The van der Waals surface area contributed by atoms with E-state index in [0.29, 0.717) is 0 Å². The number of nitrogens with zero attached hydrogens (tertiary/aromatic N) is 1. The summed E-state index contributed by atoms with van der Waals surface area (Å²) < 4.78 is 0. The van der Waals surface area contributed by atoms with E-state index >= 15 is 0 Å². The molecule has 1 aromatic heterocycles. The van der Waals surface area contributed by atoms with Gasteiger partial charge in [-0.2, -0.15) is 0 Å². The molecule has 0 spiro atoms. The van der Waals surface area contributed by atoms with Crippen molar-refractivity contribution in [2.24, 2.45) is 0 Å². The molecule has 0 aliphatic heterocycles. The van der Waals surface area contributed by atoms with E-state index in [-0.39, 0.29) is 0 Å². The van der Waals surface area contributed by atoms with Gasteiger partial charge in [0.25, 0.3) is 0 Å². The van der Waals surface area contributed by atoms with Crippen molar-refractivity contribution in [2.75, 3.05) is 0 Å². The lowest BCUT2D eigenvalue weighted by Crippen LogP contribution is -1.79. The molecular weight excluding hydrogens is 196 g/mol. The Bertz CT molecular complexity index is 359. The molecule has 2 heteroatoms. The van der Waals surface area contributed by atoms with Crippen molar-refractivity contribution in [3.8, 4) is 0 Å². The maximum absolute atomic E-state index is 6.98. The highest BCUT2D eigenvalue weighted by Gasteiger charge is 1.86. The first-order chi connectivity index (χ1) is 7.72. The second-order valence-electron chi connectivity index (χ2n) is 3.15. The van der Waals surface area contributed by atoms with Crippen LogP contribution in [0.25, 0.3) is 6.08 Å². The van der Waals surface area contributed by atoms with Crippen LogP contribution in [0.15, 0.2) is 36.1 Å². The zero-order chi connectivity index (χ0) is 12.4. The van der Waals surface area contributed by atoms with Crippen molar-refractivity contribution in [2.45, 2.75) is 27.7 Å². The van der Waals surface area contributed by atoms with Crippen molar-refractivity contribution < 1.29 is 0 Å². The molecule has 0 saturated carbocycles. The Morgan fingerprint density at radius 2 is 2.00 bits per heavy atom. The van der Waals surface area contributed by atoms with Gasteiger partial charge in [-0.15, -0.1) is 0 Å². The average molecular weight is 216 g/mol. The molecule has 0 fully saturated rings. The molecule has 1 rings (SSSR count). The van der Waals surface area contributed by atoms with Crippen molar-refractivity contribution in [1.29, 1.82) is 5.41 Å². The minimum atomic E-state index is 0.932. The predicted octanol–water partition coefficient (Wildman–Crippen LogP) is 4.03. The summed E-state index contributed by atoms with van der Waals surface area (Å²) in [6.45, 7) is 7.86. The number of hydrogen-bond acceptors (Lipinski definition) is 2. The van der Waals surface area contributed by atoms with Crippen LogP contribution in [-0.2, 0) is 0 Å². The van der Waals surface area contributed by atoms with Gasteiger partial charge >= 0.3 is 0 Å². The van der Waals surface area contributed by atoms with Crippen LogP contribution >= 0.6 is 0 Å². The normalized spacial score (nSPS) is 10.9. The third-order valence-corrected chi connectivity index (χ3v) is 1.81. The fourth-order valence-electron chi connectivity index (χ4n) is 0.937. The van der Waals surface area contributed by atoms with E-state index < -0.39 is 0 Å². The quantitative estimate of drug-likeness (QED) is 0.601. The Balaban J connectivity index is 0.00000106. The highest BCUT2D eigenvalue weighted by molar-refractivity contribution is 5.75. The van der Waals surface area contributed by atoms with Gasteiger partial charge in [-0.3, -0.25) is 4.98 Å².